The molecule has 0 fully saturated rings. The van der Waals surface area contributed by atoms with Crippen LogP contribution < -0.4 is 10.6 Å². The first-order valence-electron chi connectivity index (χ1n) is 6.98. The molecule has 2 aromatic heterocycles. The summed E-state index contributed by atoms with van der Waals surface area (Å²) < 4.78 is 5.10. The zero-order valence-electron chi connectivity index (χ0n) is 12.8. The quantitative estimate of drug-likeness (QED) is 0.883. The van der Waals surface area contributed by atoms with Crippen molar-refractivity contribution in [2.45, 2.75) is 34.1 Å². The molecule has 0 bridgehead atoms. The van der Waals surface area contributed by atoms with Gasteiger partial charge in [0.25, 0.3) is 5.91 Å². The molecule has 0 saturated heterocycles. The molecule has 112 valence electrons. The van der Waals surface area contributed by atoms with Gasteiger partial charge in [-0.05, 0) is 39.3 Å². The maximum Gasteiger partial charge on any atom is 0.258 e. The number of amides is 1. The van der Waals surface area contributed by atoms with Gasteiger partial charge in [0, 0.05) is 23.4 Å². The third kappa shape index (κ3) is 3.59. The molecule has 0 spiro atoms. The smallest absolute Gasteiger partial charge is 0.258 e. The van der Waals surface area contributed by atoms with Gasteiger partial charge in [0.05, 0.1) is 5.69 Å². The Morgan fingerprint density at radius 1 is 1.29 bits per heavy atom. The maximum atomic E-state index is 12.3. The Morgan fingerprint density at radius 2 is 2.05 bits per heavy atom. The van der Waals surface area contributed by atoms with Crippen molar-refractivity contribution in [1.29, 1.82) is 0 Å². The lowest BCUT2D eigenvalue weighted by atomic mass is 10.2. The number of carbonyl (C=O) groups is 1. The summed E-state index contributed by atoms with van der Waals surface area (Å²) in [4.78, 5) is 16.7. The van der Waals surface area contributed by atoms with Gasteiger partial charge in [0.2, 0.25) is 5.88 Å². The summed E-state index contributed by atoms with van der Waals surface area (Å²) in [5, 5.41) is 9.74. The van der Waals surface area contributed by atoms with E-state index >= 15 is 0 Å². The zero-order valence-corrected chi connectivity index (χ0v) is 12.8. The van der Waals surface area contributed by atoms with Gasteiger partial charge in [-0.15, -0.1) is 0 Å². The molecule has 0 saturated carbocycles. The third-order valence-corrected chi connectivity index (χ3v) is 3.16. The highest BCUT2D eigenvalue weighted by atomic mass is 16.5. The van der Waals surface area contributed by atoms with Gasteiger partial charge in [-0.3, -0.25) is 10.1 Å². The Hall–Kier alpha value is -2.37. The van der Waals surface area contributed by atoms with Crippen LogP contribution in [-0.2, 0) is 0 Å². The van der Waals surface area contributed by atoms with Crippen LogP contribution in [0.1, 0.15) is 40.7 Å². The minimum atomic E-state index is -0.237. The number of hydrogen-bond donors (Lipinski definition) is 2. The Labute approximate surface area is 123 Å². The minimum Gasteiger partial charge on any atom is -0.370 e. The predicted octanol–water partition coefficient (Wildman–Crippen LogP) is 3.07. The lowest BCUT2D eigenvalue weighted by Gasteiger charge is -2.08. The van der Waals surface area contributed by atoms with E-state index in [4.69, 9.17) is 4.52 Å². The lowest BCUT2D eigenvalue weighted by molar-refractivity contribution is 0.102. The normalized spacial score (nSPS) is 10.5. The minimum absolute atomic E-state index is 0.237. The monoisotopic (exact) mass is 288 g/mol. The summed E-state index contributed by atoms with van der Waals surface area (Å²) in [6, 6.07) is 3.47. The largest absolute Gasteiger partial charge is 0.370 e. The molecule has 0 aromatic carbocycles. The average Bonchev–Trinajstić information content (AvgIpc) is 2.76. The van der Waals surface area contributed by atoms with Crippen LogP contribution in [0, 0.1) is 20.8 Å². The van der Waals surface area contributed by atoms with Crippen LogP contribution in [0.5, 0.6) is 0 Å². The average molecular weight is 288 g/mol. The summed E-state index contributed by atoms with van der Waals surface area (Å²) in [6.07, 6.45) is 0.994. The summed E-state index contributed by atoms with van der Waals surface area (Å²) in [5.41, 5.74) is 2.92. The number of aromatic nitrogens is 2. The molecule has 2 heterocycles. The number of nitrogens with one attached hydrogen (secondary N) is 2. The van der Waals surface area contributed by atoms with Crippen molar-refractivity contribution in [3.63, 3.8) is 0 Å². The van der Waals surface area contributed by atoms with Gasteiger partial charge in [-0.2, -0.15) is 0 Å². The van der Waals surface area contributed by atoms with Crippen LogP contribution >= 0.6 is 0 Å². The van der Waals surface area contributed by atoms with E-state index in [0.29, 0.717) is 17.3 Å². The van der Waals surface area contributed by atoms with Gasteiger partial charge in [0.15, 0.2) is 0 Å². The van der Waals surface area contributed by atoms with Crippen molar-refractivity contribution in [2.75, 3.05) is 17.2 Å². The number of hydrogen-bond acceptors (Lipinski definition) is 5. The van der Waals surface area contributed by atoms with Crippen molar-refractivity contribution < 1.29 is 9.32 Å². The van der Waals surface area contributed by atoms with E-state index < -0.39 is 0 Å². The fraction of sp³-hybridized carbons (Fsp3) is 0.400. The second-order valence-corrected chi connectivity index (χ2v) is 4.99. The molecular weight excluding hydrogens is 268 g/mol. The SMILES string of the molecule is CCCNc1cc(C(=O)Nc2onc(C)c2C)cc(C)n1. The highest BCUT2D eigenvalue weighted by Crippen LogP contribution is 2.19. The number of anilines is 2. The van der Waals surface area contributed by atoms with Crippen LogP contribution in [0.2, 0.25) is 0 Å². The molecule has 21 heavy (non-hydrogen) atoms. The molecule has 1 amide bonds. The first-order chi connectivity index (χ1) is 10.0. The number of carbonyl (C=O) groups excluding carboxylic acids is 1. The molecule has 6 heteroatoms. The van der Waals surface area contributed by atoms with Crippen LogP contribution in [0.3, 0.4) is 0 Å². The molecule has 0 aliphatic heterocycles. The molecule has 2 aromatic rings. The molecule has 2 rings (SSSR count). The van der Waals surface area contributed by atoms with E-state index in [0.717, 1.165) is 29.9 Å². The molecular formula is C15H20N4O2. The summed E-state index contributed by atoms with van der Waals surface area (Å²) >= 11 is 0. The second-order valence-electron chi connectivity index (χ2n) is 4.99. The van der Waals surface area contributed by atoms with Crippen LogP contribution in [0.4, 0.5) is 11.7 Å². The Bertz CT molecular complexity index is 649. The van der Waals surface area contributed by atoms with E-state index in [9.17, 15) is 4.79 Å². The van der Waals surface area contributed by atoms with Crippen molar-refractivity contribution in [3.8, 4) is 0 Å². The zero-order chi connectivity index (χ0) is 15.4. The van der Waals surface area contributed by atoms with E-state index in [1.54, 1.807) is 12.1 Å². The first-order valence-corrected chi connectivity index (χ1v) is 6.98. The number of pyridine rings is 1. The molecule has 0 atom stereocenters. The van der Waals surface area contributed by atoms with Crippen LogP contribution in [0.25, 0.3) is 0 Å². The molecule has 6 nitrogen and oxygen atoms in total. The molecule has 0 aliphatic carbocycles. The Balaban J connectivity index is 2.18. The summed E-state index contributed by atoms with van der Waals surface area (Å²) in [5.74, 6) is 0.849. The van der Waals surface area contributed by atoms with Crippen LogP contribution in [0.15, 0.2) is 16.7 Å². The molecule has 0 radical (unpaired) electrons. The van der Waals surface area contributed by atoms with Gasteiger partial charge < -0.3 is 9.84 Å². The summed E-state index contributed by atoms with van der Waals surface area (Å²) in [6.45, 7) is 8.44. The Kier molecular flexibility index (Phi) is 4.57. The number of aryl methyl sites for hydroxylation is 2. The fourth-order valence-corrected chi connectivity index (χ4v) is 1.85. The predicted molar refractivity (Wildman–Crippen MR) is 81.7 cm³/mol. The standard InChI is InChI=1S/C15H20N4O2/c1-5-6-16-13-8-12(7-9(2)17-13)14(20)18-15-10(3)11(4)19-21-15/h7-8H,5-6H2,1-4H3,(H,16,17)(H,18,20). The first kappa shape index (κ1) is 15.0. The van der Waals surface area contributed by atoms with E-state index in [1.807, 2.05) is 20.8 Å². The lowest BCUT2D eigenvalue weighted by Crippen LogP contribution is -2.14. The highest BCUT2D eigenvalue weighted by molar-refractivity contribution is 6.04. The third-order valence-electron chi connectivity index (χ3n) is 3.16. The van der Waals surface area contributed by atoms with Crippen molar-refractivity contribution >= 4 is 17.6 Å². The number of nitrogens with zero attached hydrogens (tertiary/aromatic N) is 2. The van der Waals surface area contributed by atoms with E-state index in [2.05, 4.69) is 27.7 Å². The van der Waals surface area contributed by atoms with Gasteiger partial charge in [-0.25, -0.2) is 4.98 Å². The van der Waals surface area contributed by atoms with Crippen LogP contribution in [-0.4, -0.2) is 22.6 Å². The molecule has 0 unspecified atom stereocenters. The topological polar surface area (TPSA) is 80.0 Å². The number of rotatable bonds is 5. The van der Waals surface area contributed by atoms with Crippen molar-refractivity contribution in [2.24, 2.45) is 0 Å². The van der Waals surface area contributed by atoms with E-state index in [-0.39, 0.29) is 5.91 Å². The van der Waals surface area contributed by atoms with Gasteiger partial charge in [-0.1, -0.05) is 12.1 Å². The van der Waals surface area contributed by atoms with Crippen molar-refractivity contribution in [3.05, 3.63) is 34.6 Å². The molecule has 0 aliphatic rings. The van der Waals surface area contributed by atoms with Gasteiger partial charge in [0.1, 0.15) is 5.82 Å². The maximum absolute atomic E-state index is 12.3. The second kappa shape index (κ2) is 6.39. The fourth-order valence-electron chi connectivity index (χ4n) is 1.85. The summed E-state index contributed by atoms with van der Waals surface area (Å²) in [7, 11) is 0. The van der Waals surface area contributed by atoms with Gasteiger partial charge >= 0.3 is 0 Å². The van der Waals surface area contributed by atoms with Crippen molar-refractivity contribution in [1.82, 2.24) is 10.1 Å². The molecule has 2 N–H and O–H groups in total. The highest BCUT2D eigenvalue weighted by Gasteiger charge is 2.14. The van der Waals surface area contributed by atoms with E-state index in [1.165, 1.54) is 0 Å². The Morgan fingerprint density at radius 3 is 2.67 bits per heavy atom.